The Morgan fingerprint density at radius 3 is 2.62 bits per heavy atom. The Morgan fingerprint density at radius 2 is 2.12 bits per heavy atom. The minimum Gasteiger partial charge on any atom is -0.477 e. The lowest BCUT2D eigenvalue weighted by atomic mass is 10.2. The van der Waals surface area contributed by atoms with Crippen LogP contribution in [0.15, 0.2) is 37.1 Å². The van der Waals surface area contributed by atoms with Crippen LogP contribution in [-0.2, 0) is 0 Å². The molecule has 0 spiro atoms. The van der Waals surface area contributed by atoms with Gasteiger partial charge in [-0.05, 0) is 12.1 Å². The van der Waals surface area contributed by atoms with Gasteiger partial charge in [-0.25, -0.2) is 14.8 Å². The summed E-state index contributed by atoms with van der Waals surface area (Å²) in [5.74, 6) is -1.43. The van der Waals surface area contributed by atoms with E-state index in [1.165, 1.54) is 41.6 Å². The Labute approximate surface area is 90.2 Å². The fourth-order valence-corrected chi connectivity index (χ4v) is 1.18. The largest absolute Gasteiger partial charge is 0.477 e. The molecule has 16 heavy (non-hydrogen) atoms. The van der Waals surface area contributed by atoms with E-state index in [2.05, 4.69) is 9.97 Å². The monoisotopic (exact) mass is 217 g/mol. The first-order valence-electron chi connectivity index (χ1n) is 4.40. The van der Waals surface area contributed by atoms with Crippen LogP contribution in [0.1, 0.15) is 20.8 Å². The van der Waals surface area contributed by atoms with Crippen LogP contribution >= 0.6 is 0 Å². The average molecular weight is 217 g/mol. The van der Waals surface area contributed by atoms with Gasteiger partial charge in [0.2, 0.25) is 0 Å². The van der Waals surface area contributed by atoms with Crippen LogP contribution in [0.2, 0.25) is 0 Å². The molecule has 0 atom stereocenters. The summed E-state index contributed by atoms with van der Waals surface area (Å²) in [7, 11) is 0. The van der Waals surface area contributed by atoms with Crippen molar-refractivity contribution in [1.29, 1.82) is 0 Å². The van der Waals surface area contributed by atoms with Crippen molar-refractivity contribution in [1.82, 2.24) is 14.5 Å². The second-order valence-electron chi connectivity index (χ2n) is 3.01. The summed E-state index contributed by atoms with van der Waals surface area (Å²) in [6.45, 7) is 0. The van der Waals surface area contributed by atoms with E-state index in [-0.39, 0.29) is 11.6 Å². The molecule has 6 heteroatoms. The van der Waals surface area contributed by atoms with Gasteiger partial charge in [-0.2, -0.15) is 0 Å². The third-order valence-electron chi connectivity index (χ3n) is 1.97. The Balaban J connectivity index is 2.29. The first-order valence-corrected chi connectivity index (χ1v) is 4.40. The molecule has 0 bridgehead atoms. The van der Waals surface area contributed by atoms with Gasteiger partial charge < -0.3 is 5.11 Å². The summed E-state index contributed by atoms with van der Waals surface area (Å²) in [6, 6.07) is 2.70. The number of imidazole rings is 1. The quantitative estimate of drug-likeness (QED) is 0.798. The summed E-state index contributed by atoms with van der Waals surface area (Å²) in [6.07, 6.45) is 5.59. The highest BCUT2D eigenvalue weighted by molar-refractivity contribution is 5.96. The molecule has 0 aliphatic rings. The van der Waals surface area contributed by atoms with Gasteiger partial charge in [0.05, 0.1) is 5.56 Å². The number of hydrogen-bond donors (Lipinski definition) is 1. The van der Waals surface area contributed by atoms with Crippen molar-refractivity contribution in [2.24, 2.45) is 0 Å². The van der Waals surface area contributed by atoms with Gasteiger partial charge in [0.15, 0.2) is 0 Å². The lowest BCUT2D eigenvalue weighted by Gasteiger charge is -2.00. The maximum Gasteiger partial charge on any atom is 0.354 e. The molecule has 0 unspecified atom stereocenters. The van der Waals surface area contributed by atoms with E-state index in [9.17, 15) is 9.59 Å². The summed E-state index contributed by atoms with van der Waals surface area (Å²) in [5, 5.41) is 8.64. The second-order valence-corrected chi connectivity index (χ2v) is 3.01. The van der Waals surface area contributed by atoms with Gasteiger partial charge in [0.1, 0.15) is 12.0 Å². The number of carboxylic acids is 1. The Bertz CT molecular complexity index is 517. The van der Waals surface area contributed by atoms with Gasteiger partial charge in [0, 0.05) is 18.6 Å². The molecule has 0 fully saturated rings. The number of nitrogens with zero attached hydrogens (tertiary/aromatic N) is 3. The van der Waals surface area contributed by atoms with Gasteiger partial charge in [-0.1, -0.05) is 0 Å². The van der Waals surface area contributed by atoms with Crippen LogP contribution < -0.4 is 0 Å². The van der Waals surface area contributed by atoms with Crippen LogP contribution in [0.25, 0.3) is 0 Å². The molecule has 2 heterocycles. The van der Waals surface area contributed by atoms with Crippen molar-refractivity contribution < 1.29 is 14.7 Å². The van der Waals surface area contributed by atoms with Crippen molar-refractivity contribution >= 4 is 11.9 Å². The second kappa shape index (κ2) is 3.93. The summed E-state index contributed by atoms with van der Waals surface area (Å²) >= 11 is 0. The van der Waals surface area contributed by atoms with E-state index in [1.807, 2.05) is 0 Å². The van der Waals surface area contributed by atoms with Crippen molar-refractivity contribution in [2.75, 3.05) is 0 Å². The number of carbonyl (C=O) groups is 2. The molecule has 0 aromatic carbocycles. The van der Waals surface area contributed by atoms with E-state index >= 15 is 0 Å². The predicted molar refractivity (Wildman–Crippen MR) is 53.2 cm³/mol. The number of aromatic carboxylic acids is 1. The molecule has 2 aromatic rings. The molecule has 6 nitrogen and oxygen atoms in total. The van der Waals surface area contributed by atoms with Crippen LogP contribution in [0.4, 0.5) is 0 Å². The molecular weight excluding hydrogens is 210 g/mol. The lowest BCUT2D eigenvalue weighted by molar-refractivity contribution is 0.0689. The maximum absolute atomic E-state index is 11.7. The minimum absolute atomic E-state index is 0.0952. The maximum atomic E-state index is 11.7. The molecule has 0 aliphatic heterocycles. The zero-order chi connectivity index (χ0) is 11.5. The van der Waals surface area contributed by atoms with Gasteiger partial charge in [-0.15, -0.1) is 0 Å². The Morgan fingerprint density at radius 1 is 1.31 bits per heavy atom. The zero-order valence-corrected chi connectivity index (χ0v) is 8.07. The first-order chi connectivity index (χ1) is 7.68. The number of aromatic nitrogens is 3. The molecule has 0 radical (unpaired) electrons. The molecule has 1 N–H and O–H groups in total. The fourth-order valence-electron chi connectivity index (χ4n) is 1.18. The highest BCUT2D eigenvalue weighted by Gasteiger charge is 2.10. The topological polar surface area (TPSA) is 85.1 Å². The number of rotatable bonds is 2. The molecule has 0 saturated carbocycles. The van der Waals surface area contributed by atoms with Crippen molar-refractivity contribution in [3.8, 4) is 0 Å². The van der Waals surface area contributed by atoms with Gasteiger partial charge in [-0.3, -0.25) is 9.36 Å². The third-order valence-corrected chi connectivity index (χ3v) is 1.97. The smallest absolute Gasteiger partial charge is 0.354 e. The molecule has 0 saturated heterocycles. The molecule has 2 rings (SSSR count). The normalized spacial score (nSPS) is 10.0. The van der Waals surface area contributed by atoms with Gasteiger partial charge in [0.25, 0.3) is 5.91 Å². The Kier molecular flexibility index (Phi) is 2.47. The molecule has 2 aromatic heterocycles. The highest BCUT2D eigenvalue weighted by atomic mass is 16.4. The SMILES string of the molecule is O=C(O)c1ccc(C(=O)n2ccnc2)cn1. The van der Waals surface area contributed by atoms with Crippen molar-refractivity contribution in [3.05, 3.63) is 48.3 Å². The third kappa shape index (κ3) is 1.81. The molecule has 80 valence electrons. The number of carbonyl (C=O) groups excluding carboxylic acids is 1. The zero-order valence-electron chi connectivity index (χ0n) is 8.07. The summed E-state index contributed by atoms with van der Waals surface area (Å²) in [5.41, 5.74) is 0.213. The number of hydrogen-bond acceptors (Lipinski definition) is 4. The van der Waals surface area contributed by atoms with Crippen LogP contribution in [0.5, 0.6) is 0 Å². The Hall–Kier alpha value is -2.50. The van der Waals surface area contributed by atoms with E-state index in [4.69, 9.17) is 5.11 Å². The van der Waals surface area contributed by atoms with E-state index in [1.54, 1.807) is 0 Å². The predicted octanol–water partition coefficient (Wildman–Crippen LogP) is 0.665. The van der Waals surface area contributed by atoms with Gasteiger partial charge >= 0.3 is 5.97 Å². The first kappa shape index (κ1) is 10.0. The minimum atomic E-state index is -1.12. The number of pyridine rings is 1. The van der Waals surface area contributed by atoms with E-state index < -0.39 is 5.97 Å². The average Bonchev–Trinajstić information content (AvgIpc) is 2.81. The lowest BCUT2D eigenvalue weighted by Crippen LogP contribution is -2.11. The van der Waals surface area contributed by atoms with Crippen LogP contribution in [-0.4, -0.2) is 31.5 Å². The summed E-state index contributed by atoms with van der Waals surface area (Å²) < 4.78 is 1.29. The summed E-state index contributed by atoms with van der Waals surface area (Å²) in [4.78, 5) is 29.7. The standard InChI is InChI=1S/C10H7N3O3/c14-9(13-4-3-11-6-13)7-1-2-8(10(15)16)12-5-7/h1-6H,(H,15,16). The van der Waals surface area contributed by atoms with Crippen LogP contribution in [0, 0.1) is 0 Å². The molecular formula is C10H7N3O3. The van der Waals surface area contributed by atoms with Crippen molar-refractivity contribution in [2.45, 2.75) is 0 Å². The fraction of sp³-hybridized carbons (Fsp3) is 0. The van der Waals surface area contributed by atoms with Crippen molar-refractivity contribution in [3.63, 3.8) is 0 Å². The number of carboxylic acid groups (broad SMARTS) is 1. The van der Waals surface area contributed by atoms with E-state index in [0.29, 0.717) is 5.56 Å². The van der Waals surface area contributed by atoms with Crippen LogP contribution in [0.3, 0.4) is 0 Å². The molecule has 0 amide bonds. The highest BCUT2D eigenvalue weighted by Crippen LogP contribution is 2.03. The van der Waals surface area contributed by atoms with E-state index in [0.717, 1.165) is 0 Å². The molecule has 0 aliphatic carbocycles.